The van der Waals surface area contributed by atoms with Gasteiger partial charge in [0, 0.05) is 22.9 Å². The molecule has 2 aliphatic rings. The van der Waals surface area contributed by atoms with Crippen molar-refractivity contribution in [3.8, 4) is 0 Å². The third-order valence-electron chi connectivity index (χ3n) is 6.22. The number of rotatable bonds is 6. The molecule has 2 unspecified atom stereocenters. The van der Waals surface area contributed by atoms with E-state index in [0.29, 0.717) is 16.8 Å². The molecule has 1 saturated carbocycles. The van der Waals surface area contributed by atoms with Gasteiger partial charge in [0.05, 0.1) is 4.91 Å². The summed E-state index contributed by atoms with van der Waals surface area (Å²) in [5.41, 5.74) is 3.29. The SMILES string of the molecule is CCc1ccc(/C=C2/SC3CCCCC3N(CC(=O)NCc3ccc(Cl)cc3)C2=O)cc1. The number of benzene rings is 2. The summed E-state index contributed by atoms with van der Waals surface area (Å²) in [5.74, 6) is -0.157. The van der Waals surface area contributed by atoms with Gasteiger partial charge in [-0.1, -0.05) is 67.8 Å². The maximum atomic E-state index is 13.4. The summed E-state index contributed by atoms with van der Waals surface area (Å²) in [6.07, 6.45) is 7.31. The zero-order chi connectivity index (χ0) is 22.5. The molecule has 4 nitrogen and oxygen atoms in total. The highest BCUT2D eigenvalue weighted by atomic mass is 35.5. The smallest absolute Gasteiger partial charge is 0.261 e. The molecule has 2 aromatic carbocycles. The van der Waals surface area contributed by atoms with Crippen LogP contribution in [0.5, 0.6) is 0 Å². The fourth-order valence-corrected chi connectivity index (χ4v) is 5.98. The number of hydrogen-bond donors (Lipinski definition) is 1. The van der Waals surface area contributed by atoms with Crippen molar-refractivity contribution >= 4 is 41.3 Å². The molecule has 1 aliphatic carbocycles. The molecule has 1 saturated heterocycles. The molecule has 1 N–H and O–H groups in total. The molecule has 0 radical (unpaired) electrons. The first kappa shape index (κ1) is 22.9. The van der Waals surface area contributed by atoms with Crippen molar-refractivity contribution in [2.45, 2.75) is 56.9 Å². The average molecular weight is 469 g/mol. The lowest BCUT2D eigenvalue weighted by atomic mass is 9.93. The summed E-state index contributed by atoms with van der Waals surface area (Å²) >= 11 is 7.63. The minimum atomic E-state index is -0.129. The van der Waals surface area contributed by atoms with Crippen LogP contribution in [-0.2, 0) is 22.6 Å². The monoisotopic (exact) mass is 468 g/mol. The molecular weight excluding hydrogens is 440 g/mol. The second-order valence-corrected chi connectivity index (χ2v) is 10.2. The number of carbonyl (C=O) groups is 2. The Hall–Kier alpha value is -2.24. The first-order chi connectivity index (χ1) is 15.5. The Kier molecular flexibility index (Phi) is 7.59. The van der Waals surface area contributed by atoms with Crippen LogP contribution < -0.4 is 5.32 Å². The van der Waals surface area contributed by atoms with Crippen LogP contribution in [0.25, 0.3) is 6.08 Å². The Balaban J connectivity index is 1.47. The van der Waals surface area contributed by atoms with Crippen molar-refractivity contribution in [3.05, 3.63) is 75.1 Å². The van der Waals surface area contributed by atoms with E-state index in [1.165, 1.54) is 12.0 Å². The number of thioether (sulfide) groups is 1. The molecule has 168 valence electrons. The zero-order valence-electron chi connectivity index (χ0n) is 18.4. The van der Waals surface area contributed by atoms with Gasteiger partial charge in [-0.3, -0.25) is 9.59 Å². The summed E-state index contributed by atoms with van der Waals surface area (Å²) in [7, 11) is 0. The van der Waals surface area contributed by atoms with Gasteiger partial charge in [-0.05, 0) is 54.2 Å². The summed E-state index contributed by atoms with van der Waals surface area (Å²) in [5, 5.41) is 3.98. The predicted octanol–water partition coefficient (Wildman–Crippen LogP) is 5.45. The van der Waals surface area contributed by atoms with E-state index >= 15 is 0 Å². The van der Waals surface area contributed by atoms with Crippen LogP contribution in [0.2, 0.25) is 5.02 Å². The van der Waals surface area contributed by atoms with Gasteiger partial charge >= 0.3 is 0 Å². The Bertz CT molecular complexity index is 988. The van der Waals surface area contributed by atoms with E-state index in [1.807, 2.05) is 35.2 Å². The first-order valence-electron chi connectivity index (χ1n) is 11.3. The number of nitrogens with zero attached hydrogens (tertiary/aromatic N) is 1. The van der Waals surface area contributed by atoms with E-state index in [2.05, 4.69) is 36.5 Å². The molecule has 6 heteroatoms. The van der Waals surface area contributed by atoms with Gasteiger partial charge < -0.3 is 10.2 Å². The molecule has 2 fully saturated rings. The predicted molar refractivity (Wildman–Crippen MR) is 132 cm³/mol. The molecule has 2 amide bonds. The lowest BCUT2D eigenvalue weighted by Crippen LogP contribution is -2.54. The summed E-state index contributed by atoms with van der Waals surface area (Å²) in [6.45, 7) is 2.65. The van der Waals surface area contributed by atoms with Crippen molar-refractivity contribution < 1.29 is 9.59 Å². The molecular formula is C26H29ClN2O2S. The highest BCUT2D eigenvalue weighted by Gasteiger charge is 2.41. The maximum absolute atomic E-state index is 13.4. The third kappa shape index (κ3) is 5.57. The van der Waals surface area contributed by atoms with Gasteiger partial charge in [-0.25, -0.2) is 0 Å². The van der Waals surface area contributed by atoms with Crippen molar-refractivity contribution in [3.63, 3.8) is 0 Å². The molecule has 2 atom stereocenters. The highest BCUT2D eigenvalue weighted by Crippen LogP contribution is 2.42. The fraction of sp³-hybridized carbons (Fsp3) is 0.385. The molecule has 2 aromatic rings. The zero-order valence-corrected chi connectivity index (χ0v) is 19.9. The molecule has 32 heavy (non-hydrogen) atoms. The number of hydrogen-bond acceptors (Lipinski definition) is 3. The molecule has 1 aliphatic heterocycles. The summed E-state index contributed by atoms with van der Waals surface area (Å²) < 4.78 is 0. The van der Waals surface area contributed by atoms with Crippen molar-refractivity contribution in [1.29, 1.82) is 0 Å². The van der Waals surface area contributed by atoms with E-state index in [-0.39, 0.29) is 24.4 Å². The molecule has 4 rings (SSSR count). The molecule has 0 aromatic heterocycles. The second-order valence-electron chi connectivity index (χ2n) is 8.45. The van der Waals surface area contributed by atoms with E-state index < -0.39 is 0 Å². The Morgan fingerprint density at radius 2 is 1.78 bits per heavy atom. The van der Waals surface area contributed by atoms with Crippen LogP contribution >= 0.6 is 23.4 Å². The van der Waals surface area contributed by atoms with E-state index in [4.69, 9.17) is 11.6 Å². The number of amides is 2. The maximum Gasteiger partial charge on any atom is 0.261 e. The molecule has 0 bridgehead atoms. The standard InChI is InChI=1S/C26H29ClN2O2S/c1-2-18-7-9-19(10-8-18)15-24-26(31)29(22-5-3-4-6-23(22)32-24)17-25(30)28-16-20-11-13-21(27)14-12-20/h7-15,22-23H,2-6,16-17H2,1H3,(H,28,30)/b24-15+. The molecule has 1 heterocycles. The average Bonchev–Trinajstić information content (AvgIpc) is 2.82. The summed E-state index contributed by atoms with van der Waals surface area (Å²) in [4.78, 5) is 28.7. The lowest BCUT2D eigenvalue weighted by Gasteiger charge is -2.43. The van der Waals surface area contributed by atoms with Crippen molar-refractivity contribution in [2.75, 3.05) is 6.54 Å². The Morgan fingerprint density at radius 3 is 2.50 bits per heavy atom. The van der Waals surface area contributed by atoms with Crippen molar-refractivity contribution in [2.24, 2.45) is 0 Å². The van der Waals surface area contributed by atoms with Gasteiger partial charge in [0.1, 0.15) is 6.54 Å². The Morgan fingerprint density at radius 1 is 1.09 bits per heavy atom. The van der Waals surface area contributed by atoms with Gasteiger partial charge in [-0.2, -0.15) is 0 Å². The lowest BCUT2D eigenvalue weighted by molar-refractivity contribution is -0.135. The summed E-state index contributed by atoms with van der Waals surface area (Å²) in [6, 6.07) is 15.9. The van der Waals surface area contributed by atoms with E-state index in [9.17, 15) is 9.59 Å². The normalized spacial score (nSPS) is 22.0. The first-order valence-corrected chi connectivity index (χ1v) is 12.6. The fourth-order valence-electron chi connectivity index (χ4n) is 4.38. The van der Waals surface area contributed by atoms with Crippen LogP contribution in [0.3, 0.4) is 0 Å². The number of halogens is 1. The van der Waals surface area contributed by atoms with Gasteiger partial charge in [0.15, 0.2) is 0 Å². The van der Waals surface area contributed by atoms with Crippen LogP contribution in [-0.4, -0.2) is 34.6 Å². The Labute approximate surface area is 199 Å². The largest absolute Gasteiger partial charge is 0.350 e. The highest BCUT2D eigenvalue weighted by molar-refractivity contribution is 8.04. The molecule has 0 spiro atoms. The minimum Gasteiger partial charge on any atom is -0.350 e. The number of fused-ring (bicyclic) bond motifs is 1. The number of carbonyl (C=O) groups excluding carboxylic acids is 2. The van der Waals surface area contributed by atoms with Gasteiger partial charge in [0.25, 0.3) is 5.91 Å². The van der Waals surface area contributed by atoms with Crippen LogP contribution in [0.15, 0.2) is 53.4 Å². The minimum absolute atomic E-state index is 0.0284. The van der Waals surface area contributed by atoms with Crippen molar-refractivity contribution in [1.82, 2.24) is 10.2 Å². The van der Waals surface area contributed by atoms with Gasteiger partial charge in [0.2, 0.25) is 5.91 Å². The quantitative estimate of drug-likeness (QED) is 0.574. The number of aryl methyl sites for hydroxylation is 1. The van der Waals surface area contributed by atoms with E-state index in [1.54, 1.807) is 11.8 Å². The number of nitrogens with one attached hydrogen (secondary N) is 1. The van der Waals surface area contributed by atoms with Gasteiger partial charge in [-0.15, -0.1) is 11.8 Å². The third-order valence-corrected chi connectivity index (χ3v) is 7.87. The second kappa shape index (κ2) is 10.6. The van der Waals surface area contributed by atoms with Crippen LogP contribution in [0.1, 0.15) is 49.3 Å². The van der Waals surface area contributed by atoms with E-state index in [0.717, 1.165) is 41.7 Å². The van der Waals surface area contributed by atoms with Crippen LogP contribution in [0, 0.1) is 0 Å². The van der Waals surface area contributed by atoms with Crippen LogP contribution in [0.4, 0.5) is 0 Å². The topological polar surface area (TPSA) is 49.4 Å².